The summed E-state index contributed by atoms with van der Waals surface area (Å²) < 4.78 is 30.2. The highest BCUT2D eigenvalue weighted by molar-refractivity contribution is 7.86. The minimum atomic E-state index is -3.71. The maximum Gasteiger partial charge on any atom is 0.296 e. The van der Waals surface area contributed by atoms with Crippen molar-refractivity contribution in [3.05, 3.63) is 45.4 Å². The van der Waals surface area contributed by atoms with Gasteiger partial charge in [-0.3, -0.25) is 4.18 Å². The molecule has 0 aliphatic heterocycles. The molecule has 0 spiro atoms. The normalized spacial score (nSPS) is 17.4. The van der Waals surface area contributed by atoms with Crippen molar-refractivity contribution in [2.24, 2.45) is 0 Å². The van der Waals surface area contributed by atoms with E-state index in [9.17, 15) is 8.42 Å². The molecule has 0 amide bonds. The van der Waals surface area contributed by atoms with Gasteiger partial charge in [-0.15, -0.1) is 11.3 Å². The molecular formula is C19H25NO3S2. The highest BCUT2D eigenvalue weighted by atomic mass is 32.2. The second-order valence-electron chi connectivity index (χ2n) is 6.66. The molecule has 2 aromatic rings. The molecule has 0 fully saturated rings. The largest absolute Gasteiger partial charge is 0.296 e. The fraction of sp³-hybridized carbons (Fsp3) is 0.526. The van der Waals surface area contributed by atoms with Crippen LogP contribution in [-0.2, 0) is 27.1 Å². The zero-order valence-electron chi connectivity index (χ0n) is 14.8. The average Bonchev–Trinajstić information content (AvgIpc) is 3.02. The molecule has 4 nitrogen and oxygen atoms in total. The van der Waals surface area contributed by atoms with Crippen molar-refractivity contribution < 1.29 is 12.6 Å². The van der Waals surface area contributed by atoms with E-state index in [2.05, 4.69) is 6.92 Å². The number of nitrogens with zero attached hydrogens (tertiary/aromatic N) is 1. The molecule has 1 aliphatic rings. The van der Waals surface area contributed by atoms with Crippen LogP contribution in [0.3, 0.4) is 0 Å². The van der Waals surface area contributed by atoms with Gasteiger partial charge in [0.25, 0.3) is 10.1 Å². The van der Waals surface area contributed by atoms with Crippen LogP contribution in [0.1, 0.15) is 59.7 Å². The monoisotopic (exact) mass is 379 g/mol. The van der Waals surface area contributed by atoms with Gasteiger partial charge in [-0.1, -0.05) is 31.0 Å². The number of aromatic nitrogens is 1. The summed E-state index contributed by atoms with van der Waals surface area (Å²) in [7, 11) is -3.71. The summed E-state index contributed by atoms with van der Waals surface area (Å²) in [6.07, 6.45) is 6.39. The van der Waals surface area contributed by atoms with Gasteiger partial charge in [0.15, 0.2) is 0 Å². The topological polar surface area (TPSA) is 56.3 Å². The highest BCUT2D eigenvalue weighted by Crippen LogP contribution is 2.36. The molecule has 6 heteroatoms. The summed E-state index contributed by atoms with van der Waals surface area (Å²) in [4.78, 5) is 6.34. The lowest BCUT2D eigenvalue weighted by Gasteiger charge is -2.20. The highest BCUT2D eigenvalue weighted by Gasteiger charge is 2.27. The van der Waals surface area contributed by atoms with Gasteiger partial charge in [-0.25, -0.2) is 4.98 Å². The molecule has 1 aromatic heterocycles. The maximum atomic E-state index is 12.4. The first-order valence-corrected chi connectivity index (χ1v) is 11.2. The Morgan fingerprint density at radius 2 is 2.04 bits per heavy atom. The van der Waals surface area contributed by atoms with Crippen LogP contribution in [0.25, 0.3) is 0 Å². The molecule has 3 rings (SSSR count). The molecule has 136 valence electrons. The fourth-order valence-electron chi connectivity index (χ4n) is 3.10. The SMILES string of the molecule is CCCCc1nc2c(s1)CCCC2COS(=O)(=O)c1ccc(C)cc1. The van der Waals surface area contributed by atoms with Crippen molar-refractivity contribution in [2.75, 3.05) is 6.61 Å². The van der Waals surface area contributed by atoms with E-state index in [1.165, 1.54) is 9.88 Å². The Balaban J connectivity index is 1.70. The first-order valence-electron chi connectivity index (χ1n) is 8.94. The summed E-state index contributed by atoms with van der Waals surface area (Å²) in [5.41, 5.74) is 2.10. The number of rotatable bonds is 7. The van der Waals surface area contributed by atoms with Crippen molar-refractivity contribution >= 4 is 21.5 Å². The fourth-order valence-corrected chi connectivity index (χ4v) is 5.29. The van der Waals surface area contributed by atoms with Crippen LogP contribution in [0.15, 0.2) is 29.2 Å². The minimum absolute atomic E-state index is 0.0793. The molecule has 0 bridgehead atoms. The number of aryl methyl sites for hydroxylation is 3. The van der Waals surface area contributed by atoms with Crippen LogP contribution in [-0.4, -0.2) is 20.0 Å². The van der Waals surface area contributed by atoms with Crippen LogP contribution >= 0.6 is 11.3 Å². The predicted octanol–water partition coefficient (Wildman–Crippen LogP) is 4.62. The van der Waals surface area contributed by atoms with E-state index in [1.54, 1.807) is 35.6 Å². The second kappa shape index (κ2) is 7.98. The third kappa shape index (κ3) is 4.49. The summed E-state index contributed by atoms with van der Waals surface area (Å²) in [6.45, 7) is 4.29. The van der Waals surface area contributed by atoms with Gasteiger partial charge >= 0.3 is 0 Å². The van der Waals surface area contributed by atoms with Crippen LogP contribution < -0.4 is 0 Å². The van der Waals surface area contributed by atoms with Crippen LogP contribution in [0.2, 0.25) is 0 Å². The molecule has 0 saturated carbocycles. The molecule has 0 N–H and O–H groups in total. The van der Waals surface area contributed by atoms with E-state index < -0.39 is 10.1 Å². The Labute approximate surface area is 154 Å². The van der Waals surface area contributed by atoms with Gasteiger partial charge < -0.3 is 0 Å². The van der Waals surface area contributed by atoms with Crippen LogP contribution in [0.4, 0.5) is 0 Å². The number of benzene rings is 1. The van der Waals surface area contributed by atoms with E-state index in [0.29, 0.717) is 0 Å². The molecule has 1 aliphatic carbocycles. The van der Waals surface area contributed by atoms with E-state index in [4.69, 9.17) is 9.17 Å². The predicted molar refractivity (Wildman–Crippen MR) is 101 cm³/mol. The minimum Gasteiger partial charge on any atom is -0.266 e. The van der Waals surface area contributed by atoms with E-state index in [1.807, 2.05) is 6.92 Å². The lowest BCUT2D eigenvalue weighted by molar-refractivity contribution is 0.276. The molecular weight excluding hydrogens is 354 g/mol. The maximum absolute atomic E-state index is 12.4. The molecule has 1 heterocycles. The van der Waals surface area contributed by atoms with Gasteiger partial charge in [0, 0.05) is 10.8 Å². The third-order valence-corrected chi connectivity index (χ3v) is 7.08. The lowest BCUT2D eigenvalue weighted by atomic mass is 9.92. The molecule has 1 atom stereocenters. The Kier molecular flexibility index (Phi) is 5.92. The standard InChI is InChI=1S/C19H25NO3S2/c1-3-4-8-18-20-19-15(6-5-7-17(19)24-18)13-23-25(21,22)16-11-9-14(2)10-12-16/h9-12,15H,3-8,13H2,1-2H3. The Hall–Kier alpha value is -1.24. The Morgan fingerprint density at radius 1 is 1.28 bits per heavy atom. The zero-order chi connectivity index (χ0) is 17.9. The van der Waals surface area contributed by atoms with Crippen molar-refractivity contribution in [1.29, 1.82) is 0 Å². The molecule has 0 saturated heterocycles. The van der Waals surface area contributed by atoms with Gasteiger partial charge in [-0.2, -0.15) is 8.42 Å². The average molecular weight is 380 g/mol. The molecule has 25 heavy (non-hydrogen) atoms. The Bertz CT molecular complexity index is 810. The quantitative estimate of drug-likeness (QED) is 0.659. The first kappa shape index (κ1) is 18.5. The number of hydrogen-bond acceptors (Lipinski definition) is 5. The van der Waals surface area contributed by atoms with E-state index in [0.717, 1.165) is 49.8 Å². The zero-order valence-corrected chi connectivity index (χ0v) is 16.5. The summed E-state index contributed by atoms with van der Waals surface area (Å²) in [5.74, 6) is 0.0793. The second-order valence-corrected chi connectivity index (χ2v) is 9.44. The molecule has 0 radical (unpaired) electrons. The van der Waals surface area contributed by atoms with Crippen molar-refractivity contribution in [3.63, 3.8) is 0 Å². The third-order valence-electron chi connectivity index (χ3n) is 4.59. The van der Waals surface area contributed by atoms with Gasteiger partial charge in [0.1, 0.15) is 0 Å². The van der Waals surface area contributed by atoms with Crippen molar-refractivity contribution in [2.45, 2.75) is 63.2 Å². The van der Waals surface area contributed by atoms with Crippen LogP contribution in [0.5, 0.6) is 0 Å². The van der Waals surface area contributed by atoms with Crippen LogP contribution in [0, 0.1) is 6.92 Å². The summed E-state index contributed by atoms with van der Waals surface area (Å²) >= 11 is 1.79. The Morgan fingerprint density at radius 3 is 2.76 bits per heavy atom. The van der Waals surface area contributed by atoms with Gasteiger partial charge in [0.05, 0.1) is 22.2 Å². The van der Waals surface area contributed by atoms with E-state index in [-0.39, 0.29) is 17.4 Å². The van der Waals surface area contributed by atoms with Crippen molar-refractivity contribution in [1.82, 2.24) is 4.98 Å². The van der Waals surface area contributed by atoms with Gasteiger partial charge in [-0.05, 0) is 51.2 Å². The molecule has 1 aromatic carbocycles. The number of fused-ring (bicyclic) bond motifs is 1. The summed E-state index contributed by atoms with van der Waals surface area (Å²) in [5, 5.41) is 1.18. The summed E-state index contributed by atoms with van der Waals surface area (Å²) in [6, 6.07) is 6.77. The number of hydrogen-bond donors (Lipinski definition) is 0. The van der Waals surface area contributed by atoms with Crippen molar-refractivity contribution in [3.8, 4) is 0 Å². The lowest BCUT2D eigenvalue weighted by Crippen LogP contribution is -2.17. The van der Waals surface area contributed by atoms with Gasteiger partial charge in [0.2, 0.25) is 0 Å². The molecule has 1 unspecified atom stereocenters. The first-order chi connectivity index (χ1) is 12.0. The number of thiazole rings is 1. The van der Waals surface area contributed by atoms with E-state index >= 15 is 0 Å². The smallest absolute Gasteiger partial charge is 0.266 e. The number of unbranched alkanes of at least 4 members (excludes halogenated alkanes) is 1.